The highest BCUT2D eigenvalue weighted by Crippen LogP contribution is 1.84. The van der Waals surface area contributed by atoms with Gasteiger partial charge in [-0.1, -0.05) is 6.08 Å². The number of carboxylic acids is 2. The fourth-order valence-electron chi connectivity index (χ4n) is 0.508. The van der Waals surface area contributed by atoms with Gasteiger partial charge in [-0.05, 0) is 0 Å². The van der Waals surface area contributed by atoms with Gasteiger partial charge in [-0.3, -0.25) is 4.79 Å². The Balaban J connectivity index is 0. The minimum Gasteiger partial charge on any atom is -0.481 e. The van der Waals surface area contributed by atoms with Crippen molar-refractivity contribution in [2.75, 3.05) is 6.61 Å². The summed E-state index contributed by atoms with van der Waals surface area (Å²) < 4.78 is 4.42. The van der Waals surface area contributed by atoms with Crippen LogP contribution in [-0.4, -0.2) is 34.7 Å². The molecule has 0 rings (SSSR count). The van der Waals surface area contributed by atoms with Crippen LogP contribution in [0.3, 0.4) is 0 Å². The number of aliphatic carboxylic acids is 2. The fourth-order valence-corrected chi connectivity index (χ4v) is 0.508. The molecule has 18 heavy (non-hydrogen) atoms. The number of nitriles is 1. The van der Waals surface area contributed by atoms with E-state index >= 15 is 0 Å². The van der Waals surface area contributed by atoms with Gasteiger partial charge in [-0.25, -0.2) is 9.59 Å². The van der Waals surface area contributed by atoms with Crippen molar-refractivity contribution in [2.24, 2.45) is 0 Å². The first-order valence-corrected chi connectivity index (χ1v) is 4.71. The first-order chi connectivity index (χ1) is 8.43. The molecule has 0 unspecified atom stereocenters. The lowest BCUT2D eigenvalue weighted by Crippen LogP contribution is -2.02. The Hall–Kier alpha value is -2.62. The maximum absolute atomic E-state index is 10.5. The lowest BCUT2D eigenvalue weighted by molar-refractivity contribution is -0.138. The minimum absolute atomic E-state index is 0.0146. The first kappa shape index (κ1) is 17.8. The van der Waals surface area contributed by atoms with E-state index in [0.29, 0.717) is 6.08 Å². The van der Waals surface area contributed by atoms with Crippen LogP contribution < -0.4 is 0 Å². The van der Waals surface area contributed by atoms with E-state index in [-0.39, 0.29) is 19.4 Å². The Labute approximate surface area is 104 Å². The summed E-state index contributed by atoms with van der Waals surface area (Å²) in [6.45, 7) is 3.21. The third-order valence-corrected chi connectivity index (χ3v) is 1.14. The van der Waals surface area contributed by atoms with Crippen LogP contribution in [0.4, 0.5) is 0 Å². The molecule has 0 radical (unpaired) electrons. The lowest BCUT2D eigenvalue weighted by atomic mass is 10.4. The number of esters is 1. The molecule has 0 aliphatic heterocycles. The molecule has 0 heterocycles. The van der Waals surface area contributed by atoms with Crippen molar-refractivity contribution in [3.05, 3.63) is 24.8 Å². The number of ether oxygens (including phenoxy) is 1. The normalized spacial score (nSPS) is 8.61. The molecular formula is C11H13NO6. The van der Waals surface area contributed by atoms with E-state index in [4.69, 9.17) is 15.5 Å². The molecule has 7 heteroatoms. The van der Waals surface area contributed by atoms with Gasteiger partial charge in [0.15, 0.2) is 0 Å². The molecule has 0 aromatic carbocycles. The van der Waals surface area contributed by atoms with Gasteiger partial charge in [0.25, 0.3) is 0 Å². The van der Waals surface area contributed by atoms with Crippen LogP contribution in [-0.2, 0) is 19.1 Å². The van der Waals surface area contributed by atoms with Gasteiger partial charge in [0.05, 0.1) is 18.9 Å². The Morgan fingerprint density at radius 2 is 1.89 bits per heavy atom. The molecule has 0 amide bonds. The number of hydrogen-bond acceptors (Lipinski definition) is 5. The third-order valence-electron chi connectivity index (χ3n) is 1.14. The van der Waals surface area contributed by atoms with Gasteiger partial charge in [-0.2, -0.15) is 5.26 Å². The average molecular weight is 255 g/mol. The number of nitrogens with zero attached hydrogens (tertiary/aromatic N) is 1. The van der Waals surface area contributed by atoms with Crippen LogP contribution in [0.1, 0.15) is 12.8 Å². The topological polar surface area (TPSA) is 125 Å². The summed E-state index contributed by atoms with van der Waals surface area (Å²) in [5, 5.41) is 24.0. The molecule has 7 nitrogen and oxygen atoms in total. The fraction of sp³-hybridized carbons (Fsp3) is 0.273. The highest BCUT2D eigenvalue weighted by atomic mass is 16.5. The average Bonchev–Trinajstić information content (AvgIpc) is 2.27. The standard InChI is InChI=1S/C7H7NO4.C4H6O2/c8-4-1-5-12-7(11)3-2-6(9)10;1-2-3-4(5)6/h2-3H,1,5H2,(H,9,10);2H,1,3H2,(H,5,6)/b3-2-;. The zero-order chi connectivity index (χ0) is 14.4. The summed E-state index contributed by atoms with van der Waals surface area (Å²) in [6, 6.07) is 1.77. The van der Waals surface area contributed by atoms with E-state index in [1.165, 1.54) is 6.08 Å². The van der Waals surface area contributed by atoms with Crippen LogP contribution in [0, 0.1) is 11.3 Å². The van der Waals surface area contributed by atoms with Gasteiger partial charge in [-0.15, -0.1) is 6.58 Å². The summed E-state index contributed by atoms with van der Waals surface area (Å²) in [5.74, 6) is -2.80. The molecule has 0 aliphatic rings. The van der Waals surface area contributed by atoms with Crippen molar-refractivity contribution >= 4 is 17.9 Å². The van der Waals surface area contributed by atoms with Crippen molar-refractivity contribution in [3.8, 4) is 6.07 Å². The molecule has 0 aromatic rings. The van der Waals surface area contributed by atoms with Crippen LogP contribution in [0.15, 0.2) is 24.8 Å². The van der Waals surface area contributed by atoms with Gasteiger partial charge in [0.2, 0.25) is 0 Å². The van der Waals surface area contributed by atoms with Gasteiger partial charge in [0.1, 0.15) is 6.61 Å². The lowest BCUT2D eigenvalue weighted by Gasteiger charge is -1.94. The van der Waals surface area contributed by atoms with E-state index < -0.39 is 17.9 Å². The summed E-state index contributed by atoms with van der Waals surface area (Å²) in [6.07, 6.45) is 2.98. The number of hydrogen-bond donors (Lipinski definition) is 2. The monoisotopic (exact) mass is 255 g/mol. The first-order valence-electron chi connectivity index (χ1n) is 4.71. The molecule has 0 fully saturated rings. The second-order valence-corrected chi connectivity index (χ2v) is 2.63. The maximum Gasteiger partial charge on any atom is 0.331 e. The molecule has 0 atom stereocenters. The Bertz CT molecular complexity index is 366. The molecule has 2 N–H and O–H groups in total. The Kier molecular flexibility index (Phi) is 12.3. The van der Waals surface area contributed by atoms with E-state index in [9.17, 15) is 14.4 Å². The SMILES string of the molecule is C=CCC(=O)O.N#CCCOC(=O)/C=C\C(=O)O. The molecule has 98 valence electrons. The quantitative estimate of drug-likeness (QED) is 0.310. The predicted octanol–water partition coefficient (Wildman–Crippen LogP) is 0.731. The molecule has 0 spiro atoms. The van der Waals surface area contributed by atoms with Crippen molar-refractivity contribution in [1.29, 1.82) is 5.26 Å². The van der Waals surface area contributed by atoms with Crippen molar-refractivity contribution < 1.29 is 29.3 Å². The van der Waals surface area contributed by atoms with Crippen molar-refractivity contribution in [2.45, 2.75) is 12.8 Å². The van der Waals surface area contributed by atoms with Crippen LogP contribution in [0.25, 0.3) is 0 Å². The number of carbonyl (C=O) groups is 3. The second-order valence-electron chi connectivity index (χ2n) is 2.63. The zero-order valence-corrected chi connectivity index (χ0v) is 9.54. The zero-order valence-electron chi connectivity index (χ0n) is 9.54. The molecule has 0 aliphatic carbocycles. The highest BCUT2D eigenvalue weighted by molar-refractivity contribution is 5.90. The van der Waals surface area contributed by atoms with E-state index in [0.717, 1.165) is 6.08 Å². The smallest absolute Gasteiger partial charge is 0.331 e. The molecule has 0 aromatic heterocycles. The molecule has 0 saturated carbocycles. The van der Waals surface area contributed by atoms with E-state index in [1.807, 2.05) is 0 Å². The van der Waals surface area contributed by atoms with Crippen molar-refractivity contribution in [3.63, 3.8) is 0 Å². The number of carboxylic acid groups (broad SMARTS) is 2. The highest BCUT2D eigenvalue weighted by Gasteiger charge is 1.96. The molecule has 0 saturated heterocycles. The Morgan fingerprint density at radius 3 is 2.22 bits per heavy atom. The Morgan fingerprint density at radius 1 is 1.28 bits per heavy atom. The largest absolute Gasteiger partial charge is 0.481 e. The number of carbonyl (C=O) groups excluding carboxylic acids is 1. The number of rotatable bonds is 6. The molecule has 0 bridgehead atoms. The maximum atomic E-state index is 10.5. The van der Waals surface area contributed by atoms with Crippen LogP contribution >= 0.6 is 0 Å². The minimum atomic E-state index is -1.22. The van der Waals surface area contributed by atoms with E-state index in [2.05, 4.69) is 11.3 Å². The molecular weight excluding hydrogens is 242 g/mol. The second kappa shape index (κ2) is 12.4. The summed E-state index contributed by atoms with van der Waals surface area (Å²) in [5.41, 5.74) is 0. The van der Waals surface area contributed by atoms with Crippen LogP contribution in [0.2, 0.25) is 0 Å². The predicted molar refractivity (Wildman–Crippen MR) is 60.4 cm³/mol. The summed E-state index contributed by atoms with van der Waals surface area (Å²) in [7, 11) is 0. The van der Waals surface area contributed by atoms with Gasteiger partial charge < -0.3 is 14.9 Å². The van der Waals surface area contributed by atoms with Crippen molar-refractivity contribution in [1.82, 2.24) is 0 Å². The van der Waals surface area contributed by atoms with Gasteiger partial charge in [0, 0.05) is 12.2 Å². The summed E-state index contributed by atoms with van der Waals surface area (Å²) in [4.78, 5) is 30.0. The van der Waals surface area contributed by atoms with Crippen LogP contribution in [0.5, 0.6) is 0 Å². The third kappa shape index (κ3) is 19.0. The van der Waals surface area contributed by atoms with Gasteiger partial charge >= 0.3 is 17.9 Å². The van der Waals surface area contributed by atoms with E-state index in [1.54, 1.807) is 6.07 Å². The summed E-state index contributed by atoms with van der Waals surface area (Å²) >= 11 is 0.